The Morgan fingerprint density at radius 3 is 3.23 bits per heavy atom. The molecule has 0 bridgehead atoms. The number of aliphatic hydroxyl groups is 1. The minimum absolute atomic E-state index is 0.176. The average Bonchev–Trinajstić information content (AvgIpc) is 2.46. The second-order valence-corrected chi connectivity index (χ2v) is 4.63. The first-order chi connectivity index (χ1) is 6.20. The van der Waals surface area contributed by atoms with Crippen molar-refractivity contribution in [3.63, 3.8) is 0 Å². The summed E-state index contributed by atoms with van der Waals surface area (Å²) in [6, 6.07) is -0.187. The van der Waals surface area contributed by atoms with Crippen LogP contribution < -0.4 is 0 Å². The number of ether oxygens (including phenoxy) is 1. The average molecular weight is 205 g/mol. The highest BCUT2D eigenvalue weighted by Gasteiger charge is 2.41. The third-order valence-electron chi connectivity index (χ3n) is 2.29. The second kappa shape index (κ2) is 3.55. The number of aliphatic hydroxyl groups excluding tert-OH is 1. The monoisotopic (exact) mass is 205 g/mol. The van der Waals surface area contributed by atoms with Crippen molar-refractivity contribution in [2.24, 2.45) is 4.99 Å². The fourth-order valence-electron chi connectivity index (χ4n) is 1.67. The number of fused-ring (bicyclic) bond motifs is 1. The fourth-order valence-corrected chi connectivity index (χ4v) is 2.78. The van der Waals surface area contributed by atoms with Crippen LogP contribution >= 0.6 is 11.8 Å². The number of rotatable bonds is 1. The number of nitrogens with zero attached hydrogens (tertiary/aromatic N) is 1. The molecule has 0 aromatic rings. The number of hydrogen-bond acceptors (Lipinski definition) is 4. The Balaban J connectivity index is 2.06. The molecule has 2 heterocycles. The summed E-state index contributed by atoms with van der Waals surface area (Å²) in [6.07, 6.45) is -0.649. The van der Waals surface area contributed by atoms with Crippen LogP contribution in [0.5, 0.6) is 0 Å². The molecule has 0 radical (unpaired) electrons. The van der Waals surface area contributed by atoms with Crippen LogP contribution in [0.25, 0.3) is 0 Å². The van der Waals surface area contributed by atoms with Crippen molar-refractivity contribution in [3.05, 3.63) is 0 Å². The van der Waals surface area contributed by atoms with E-state index >= 15 is 0 Å². The molecule has 2 aliphatic rings. The molecule has 0 aromatic heterocycles. The molecule has 4 atom stereocenters. The van der Waals surface area contributed by atoms with Gasteiger partial charge in [0, 0.05) is 6.42 Å². The lowest BCUT2D eigenvalue weighted by molar-refractivity contribution is -0.0770. The van der Waals surface area contributed by atoms with Gasteiger partial charge in [0.05, 0.1) is 17.3 Å². The van der Waals surface area contributed by atoms with Gasteiger partial charge >= 0.3 is 0 Å². The predicted octanol–water partition coefficient (Wildman–Crippen LogP) is 0.966. The first-order valence-electron chi connectivity index (χ1n) is 4.31. The molecule has 0 unspecified atom stereocenters. The lowest BCUT2D eigenvalue weighted by Gasteiger charge is -2.32. The zero-order valence-corrected chi connectivity index (χ0v) is 8.13. The van der Waals surface area contributed by atoms with Crippen molar-refractivity contribution >= 4 is 16.8 Å². The van der Waals surface area contributed by atoms with E-state index in [-0.39, 0.29) is 11.5 Å². The molecule has 13 heavy (non-hydrogen) atoms. The van der Waals surface area contributed by atoms with E-state index in [0.29, 0.717) is 6.42 Å². The zero-order valence-electron chi connectivity index (χ0n) is 7.31. The van der Waals surface area contributed by atoms with Crippen molar-refractivity contribution in [2.75, 3.05) is 6.67 Å². The summed E-state index contributed by atoms with van der Waals surface area (Å²) in [5, 5.41) is 10.5. The lowest BCUT2D eigenvalue weighted by Crippen LogP contribution is -2.44. The Bertz CT molecular complexity index is 236. The predicted molar refractivity (Wildman–Crippen MR) is 49.7 cm³/mol. The van der Waals surface area contributed by atoms with Crippen LogP contribution in [0.1, 0.15) is 13.3 Å². The van der Waals surface area contributed by atoms with Crippen molar-refractivity contribution in [3.8, 4) is 0 Å². The van der Waals surface area contributed by atoms with Gasteiger partial charge in [-0.25, -0.2) is 4.39 Å². The Kier molecular flexibility index (Phi) is 2.58. The molecular formula is C8H12FNO2S. The van der Waals surface area contributed by atoms with Gasteiger partial charge in [-0.05, 0) is 6.92 Å². The summed E-state index contributed by atoms with van der Waals surface area (Å²) in [5.41, 5.74) is -0.176. The molecular weight excluding hydrogens is 193 g/mol. The molecule has 0 amide bonds. The topological polar surface area (TPSA) is 41.8 Å². The summed E-state index contributed by atoms with van der Waals surface area (Å²) in [4.78, 5) is 4.24. The van der Waals surface area contributed by atoms with E-state index in [2.05, 4.69) is 4.99 Å². The number of alkyl halides is 1. The maximum absolute atomic E-state index is 12.3. The molecule has 1 fully saturated rings. The van der Waals surface area contributed by atoms with E-state index < -0.39 is 18.9 Å². The van der Waals surface area contributed by atoms with Crippen LogP contribution in [-0.4, -0.2) is 40.5 Å². The van der Waals surface area contributed by atoms with Gasteiger partial charge in [-0.3, -0.25) is 4.99 Å². The Hall–Kier alpha value is -0.130. The third kappa shape index (κ3) is 1.73. The van der Waals surface area contributed by atoms with Gasteiger partial charge in [-0.1, -0.05) is 11.8 Å². The van der Waals surface area contributed by atoms with Crippen LogP contribution in [0.2, 0.25) is 0 Å². The Morgan fingerprint density at radius 1 is 1.77 bits per heavy atom. The smallest absolute Gasteiger partial charge is 0.134 e. The number of halogens is 1. The van der Waals surface area contributed by atoms with E-state index in [1.54, 1.807) is 0 Å². The molecule has 0 aliphatic carbocycles. The van der Waals surface area contributed by atoms with E-state index in [1.807, 2.05) is 6.92 Å². The maximum atomic E-state index is 12.3. The molecule has 2 rings (SSSR count). The van der Waals surface area contributed by atoms with Gasteiger partial charge in [0.1, 0.15) is 18.2 Å². The van der Waals surface area contributed by atoms with E-state index in [1.165, 1.54) is 11.8 Å². The molecule has 3 nitrogen and oxygen atoms in total. The maximum Gasteiger partial charge on any atom is 0.134 e. The molecule has 0 spiro atoms. The minimum Gasteiger partial charge on any atom is -0.391 e. The van der Waals surface area contributed by atoms with Gasteiger partial charge in [0.25, 0.3) is 0 Å². The van der Waals surface area contributed by atoms with Gasteiger partial charge < -0.3 is 9.84 Å². The second-order valence-electron chi connectivity index (χ2n) is 3.34. The van der Waals surface area contributed by atoms with Crippen LogP contribution in [0.15, 0.2) is 4.99 Å². The summed E-state index contributed by atoms with van der Waals surface area (Å²) in [5.74, 6) is 0. The molecule has 0 saturated carbocycles. The molecule has 2 aliphatic heterocycles. The largest absolute Gasteiger partial charge is 0.391 e. The first-order valence-corrected chi connectivity index (χ1v) is 5.19. The highest BCUT2D eigenvalue weighted by molar-refractivity contribution is 8.14. The third-order valence-corrected chi connectivity index (χ3v) is 3.36. The summed E-state index contributed by atoms with van der Waals surface area (Å²) in [7, 11) is 0. The standard InChI is InChI=1S/C8H12FNO2S/c1-4-10-7-6(11)2-5(3-9)12-8(7)13-4/h5-8,11H,2-3H2,1H3/t5-,6-,7+,8+/m0/s1. The molecule has 5 heteroatoms. The van der Waals surface area contributed by atoms with E-state index in [9.17, 15) is 9.50 Å². The number of aliphatic imine (C=N–C) groups is 1. The van der Waals surface area contributed by atoms with Crippen molar-refractivity contribution < 1.29 is 14.2 Å². The van der Waals surface area contributed by atoms with E-state index in [0.717, 1.165) is 5.04 Å². The SMILES string of the molecule is CC1=N[C@H]2[C@H](O[C@H](CF)C[C@@H]2O)S1. The van der Waals surface area contributed by atoms with Crippen molar-refractivity contribution in [2.45, 2.75) is 37.0 Å². The highest BCUT2D eigenvalue weighted by atomic mass is 32.2. The summed E-state index contributed by atoms with van der Waals surface area (Å²) < 4.78 is 17.7. The quantitative estimate of drug-likeness (QED) is 0.693. The van der Waals surface area contributed by atoms with Gasteiger partial charge in [0.15, 0.2) is 0 Å². The summed E-state index contributed by atoms with van der Waals surface area (Å²) >= 11 is 1.47. The van der Waals surface area contributed by atoms with Gasteiger partial charge in [-0.15, -0.1) is 0 Å². The van der Waals surface area contributed by atoms with Crippen LogP contribution in [0, 0.1) is 0 Å². The zero-order chi connectivity index (χ0) is 9.42. The van der Waals surface area contributed by atoms with Crippen LogP contribution in [0.3, 0.4) is 0 Å². The van der Waals surface area contributed by atoms with E-state index in [4.69, 9.17) is 4.74 Å². The first kappa shape index (κ1) is 9.43. The van der Waals surface area contributed by atoms with Crippen molar-refractivity contribution in [1.82, 2.24) is 0 Å². The normalized spacial score (nSPS) is 44.4. The highest BCUT2D eigenvalue weighted by Crippen LogP contribution is 2.35. The van der Waals surface area contributed by atoms with Crippen LogP contribution in [0.4, 0.5) is 4.39 Å². The molecule has 74 valence electrons. The Morgan fingerprint density at radius 2 is 2.54 bits per heavy atom. The van der Waals surface area contributed by atoms with Gasteiger partial charge in [0.2, 0.25) is 0 Å². The number of hydrogen-bond donors (Lipinski definition) is 1. The minimum atomic E-state index is -0.551. The van der Waals surface area contributed by atoms with Crippen LogP contribution in [-0.2, 0) is 4.74 Å². The lowest BCUT2D eigenvalue weighted by atomic mass is 10.0. The molecule has 1 N–H and O–H groups in total. The van der Waals surface area contributed by atoms with Gasteiger partial charge in [-0.2, -0.15) is 0 Å². The Labute approximate surface area is 80.4 Å². The summed E-state index contributed by atoms with van der Waals surface area (Å²) in [6.45, 7) is 1.35. The van der Waals surface area contributed by atoms with Crippen molar-refractivity contribution in [1.29, 1.82) is 0 Å². The number of thioether (sulfide) groups is 1. The molecule has 1 saturated heterocycles. The molecule has 0 aromatic carbocycles. The fraction of sp³-hybridized carbons (Fsp3) is 0.875.